The summed E-state index contributed by atoms with van der Waals surface area (Å²) in [7, 11) is -5.44. The van der Waals surface area contributed by atoms with Crippen molar-refractivity contribution in [2.45, 2.75) is 63.3 Å². The van der Waals surface area contributed by atoms with Crippen LogP contribution in [0.3, 0.4) is 0 Å². The van der Waals surface area contributed by atoms with Gasteiger partial charge in [-0.3, -0.25) is 0 Å². The molecule has 0 saturated heterocycles. The molecule has 2 N–H and O–H groups in total. The number of pyridine rings is 1. The van der Waals surface area contributed by atoms with Crippen molar-refractivity contribution in [2.75, 3.05) is 12.0 Å². The van der Waals surface area contributed by atoms with Gasteiger partial charge in [-0.15, -0.1) is 5.54 Å². The Morgan fingerprint density at radius 2 is 1.59 bits per heavy atom. The molecule has 0 aliphatic carbocycles. The normalized spacial score (nSPS) is 12.7. The maximum Gasteiger partial charge on any atom is 0.248 e. The zero-order valence-electron chi connectivity index (χ0n) is 17.0. The number of fused-ring (bicyclic) bond motifs is 1. The molecular formula is C19H28N4O2SSi. The third kappa shape index (κ3) is 4.14. The average molecular weight is 405 g/mol. The highest BCUT2D eigenvalue weighted by atomic mass is 32.2. The molecule has 2 aromatic heterocycles. The third-order valence-corrected chi connectivity index (χ3v) is 12.3. The van der Waals surface area contributed by atoms with Crippen LogP contribution in [0.5, 0.6) is 0 Å². The van der Waals surface area contributed by atoms with Crippen molar-refractivity contribution in [3.8, 4) is 11.5 Å². The van der Waals surface area contributed by atoms with E-state index < -0.39 is 17.9 Å². The quantitative estimate of drug-likeness (QED) is 0.475. The Balaban J connectivity index is 2.72. The van der Waals surface area contributed by atoms with E-state index >= 15 is 0 Å². The van der Waals surface area contributed by atoms with E-state index in [1.807, 2.05) is 0 Å². The van der Waals surface area contributed by atoms with Gasteiger partial charge in [-0.05, 0) is 22.7 Å². The van der Waals surface area contributed by atoms with Gasteiger partial charge in [0.15, 0.2) is 5.65 Å². The smallest absolute Gasteiger partial charge is 0.248 e. The molecule has 6 nitrogen and oxygen atoms in total. The van der Waals surface area contributed by atoms with E-state index in [2.05, 4.69) is 68.0 Å². The Hall–Kier alpha value is -1.98. The number of hydrogen-bond acceptors (Lipinski definition) is 6. The second kappa shape index (κ2) is 7.56. The van der Waals surface area contributed by atoms with Crippen molar-refractivity contribution in [1.82, 2.24) is 15.0 Å². The van der Waals surface area contributed by atoms with Crippen LogP contribution in [0.4, 0.5) is 5.82 Å². The van der Waals surface area contributed by atoms with E-state index in [0.29, 0.717) is 27.6 Å². The average Bonchev–Trinajstić information content (AvgIpc) is 2.52. The highest BCUT2D eigenvalue weighted by Gasteiger charge is 2.41. The first-order valence-electron chi connectivity index (χ1n) is 9.06. The molecule has 0 spiro atoms. The van der Waals surface area contributed by atoms with Crippen LogP contribution in [-0.4, -0.2) is 37.7 Å². The molecule has 0 radical (unpaired) electrons. The van der Waals surface area contributed by atoms with E-state index in [-0.39, 0.29) is 16.6 Å². The van der Waals surface area contributed by atoms with E-state index in [4.69, 9.17) is 5.73 Å². The van der Waals surface area contributed by atoms with Gasteiger partial charge < -0.3 is 5.73 Å². The number of nitrogen functional groups attached to an aromatic ring is 1. The van der Waals surface area contributed by atoms with Gasteiger partial charge in [-0.2, -0.15) is 4.98 Å². The lowest BCUT2D eigenvalue weighted by atomic mass is 10.2. The number of rotatable bonds is 4. The summed E-state index contributed by atoms with van der Waals surface area (Å²) in [5.74, 6) is 3.59. The SMILES string of the molecule is CC(C)[Si](C#Cc1cc(N)nc2nc(S(C)(=O)=O)ncc12)(C(C)C)C(C)C. The maximum absolute atomic E-state index is 11.7. The van der Waals surface area contributed by atoms with Gasteiger partial charge in [-0.25, -0.2) is 18.4 Å². The standard InChI is InChI=1S/C19H28N4O2SSi/c1-12(2)27(13(3)4,14(5)6)9-8-15-10-17(20)22-18-16(15)11-21-19(23-18)26(7,24)25/h10-14H,1-7H3,(H2,20,21,22,23). The summed E-state index contributed by atoms with van der Waals surface area (Å²) in [5, 5.41) is 0.352. The van der Waals surface area contributed by atoms with Gasteiger partial charge in [0.25, 0.3) is 0 Å². The number of nitrogens with two attached hydrogens (primary N) is 1. The summed E-state index contributed by atoms with van der Waals surface area (Å²) < 4.78 is 23.4. The van der Waals surface area contributed by atoms with Gasteiger partial charge in [0.05, 0.1) is 5.39 Å². The zero-order valence-corrected chi connectivity index (χ0v) is 18.8. The fourth-order valence-electron chi connectivity index (χ4n) is 3.90. The Kier molecular flexibility index (Phi) is 5.97. The van der Waals surface area contributed by atoms with E-state index in [1.165, 1.54) is 6.20 Å². The van der Waals surface area contributed by atoms with E-state index in [0.717, 1.165) is 6.26 Å². The van der Waals surface area contributed by atoms with Crippen LogP contribution in [0.2, 0.25) is 16.6 Å². The number of anilines is 1. The molecule has 27 heavy (non-hydrogen) atoms. The molecule has 0 bridgehead atoms. The molecule has 146 valence electrons. The fourth-order valence-corrected chi connectivity index (χ4v) is 9.62. The summed E-state index contributed by atoms with van der Waals surface area (Å²) in [6.45, 7) is 13.5. The van der Waals surface area contributed by atoms with Crippen molar-refractivity contribution < 1.29 is 8.42 Å². The van der Waals surface area contributed by atoms with Gasteiger partial charge in [0, 0.05) is 18.0 Å². The molecule has 0 atom stereocenters. The first kappa shape index (κ1) is 21.3. The summed E-state index contributed by atoms with van der Waals surface area (Å²) in [6, 6.07) is 1.71. The summed E-state index contributed by atoms with van der Waals surface area (Å²) >= 11 is 0. The Bertz CT molecular complexity index is 999. The van der Waals surface area contributed by atoms with Gasteiger partial charge in [0.2, 0.25) is 15.0 Å². The van der Waals surface area contributed by atoms with Crippen molar-refractivity contribution in [1.29, 1.82) is 0 Å². The van der Waals surface area contributed by atoms with Crippen molar-refractivity contribution in [3.05, 3.63) is 17.8 Å². The minimum absolute atomic E-state index is 0.251. The predicted octanol–water partition coefficient (Wildman–Crippen LogP) is 3.58. The number of sulfone groups is 1. The van der Waals surface area contributed by atoms with E-state index in [1.54, 1.807) is 6.07 Å². The molecular weight excluding hydrogens is 376 g/mol. The molecule has 0 aliphatic rings. The van der Waals surface area contributed by atoms with Crippen LogP contribution in [-0.2, 0) is 9.84 Å². The second-order valence-electron chi connectivity index (χ2n) is 7.90. The first-order valence-corrected chi connectivity index (χ1v) is 13.2. The minimum atomic E-state index is -3.52. The minimum Gasteiger partial charge on any atom is -0.384 e. The first-order chi connectivity index (χ1) is 12.4. The molecule has 0 unspecified atom stereocenters. The molecule has 0 aromatic carbocycles. The molecule has 0 amide bonds. The molecule has 0 fully saturated rings. The largest absolute Gasteiger partial charge is 0.384 e. The topological polar surface area (TPSA) is 98.8 Å². The lowest BCUT2D eigenvalue weighted by molar-refractivity contribution is 0.593. The second-order valence-corrected chi connectivity index (χ2v) is 15.4. The lowest BCUT2D eigenvalue weighted by Gasteiger charge is -2.38. The van der Waals surface area contributed by atoms with Gasteiger partial charge >= 0.3 is 0 Å². The van der Waals surface area contributed by atoms with Crippen LogP contribution < -0.4 is 5.73 Å². The Labute approximate surface area is 162 Å². The van der Waals surface area contributed by atoms with Crippen molar-refractivity contribution in [2.24, 2.45) is 0 Å². The highest BCUT2D eigenvalue weighted by molar-refractivity contribution is 7.90. The van der Waals surface area contributed by atoms with Gasteiger partial charge in [0.1, 0.15) is 13.9 Å². The van der Waals surface area contributed by atoms with Gasteiger partial charge in [-0.1, -0.05) is 47.5 Å². The van der Waals surface area contributed by atoms with Crippen LogP contribution in [0.15, 0.2) is 17.4 Å². The molecule has 0 saturated carbocycles. The highest BCUT2D eigenvalue weighted by Crippen LogP contribution is 2.40. The third-order valence-electron chi connectivity index (χ3n) is 5.18. The molecule has 8 heteroatoms. The molecule has 2 heterocycles. The maximum atomic E-state index is 11.7. The van der Waals surface area contributed by atoms with Crippen LogP contribution in [0.1, 0.15) is 47.1 Å². The fraction of sp³-hybridized carbons (Fsp3) is 0.526. The van der Waals surface area contributed by atoms with Crippen molar-refractivity contribution in [3.63, 3.8) is 0 Å². The molecule has 2 rings (SSSR count). The zero-order chi connectivity index (χ0) is 20.6. The van der Waals surface area contributed by atoms with Crippen LogP contribution in [0, 0.1) is 11.5 Å². The van der Waals surface area contributed by atoms with Crippen LogP contribution in [0.25, 0.3) is 11.0 Å². The summed E-state index contributed by atoms with van der Waals surface area (Å²) in [4.78, 5) is 12.2. The Morgan fingerprint density at radius 3 is 2.07 bits per heavy atom. The molecule has 2 aromatic rings. The van der Waals surface area contributed by atoms with Crippen molar-refractivity contribution >= 4 is 34.8 Å². The van der Waals surface area contributed by atoms with E-state index in [9.17, 15) is 8.42 Å². The molecule has 0 aliphatic heterocycles. The number of aromatic nitrogens is 3. The Morgan fingerprint density at radius 1 is 1.04 bits per heavy atom. The van der Waals surface area contributed by atoms with Crippen LogP contribution >= 0.6 is 0 Å². The number of hydrogen-bond donors (Lipinski definition) is 1. The number of nitrogens with zero attached hydrogens (tertiary/aromatic N) is 3. The predicted molar refractivity (Wildman–Crippen MR) is 113 cm³/mol. The lowest BCUT2D eigenvalue weighted by Crippen LogP contribution is -2.43. The summed E-state index contributed by atoms with van der Waals surface area (Å²) in [5.41, 5.74) is 12.0. The monoisotopic (exact) mass is 404 g/mol. The summed E-state index contributed by atoms with van der Waals surface area (Å²) in [6.07, 6.45) is 2.54.